The number of hydrogen-bond acceptors (Lipinski definition) is 1. The molecule has 1 amide bonds. The van der Waals surface area contributed by atoms with Gasteiger partial charge in [0.2, 0.25) is 6.41 Å². The van der Waals surface area contributed by atoms with E-state index in [2.05, 4.69) is 0 Å². The topological polar surface area (TPSA) is 29.1 Å². The summed E-state index contributed by atoms with van der Waals surface area (Å²) in [6, 6.07) is 8.97. The minimum atomic E-state index is -0.850. The Morgan fingerprint density at radius 1 is 1.11 bits per heavy atom. The molecule has 5 heteroatoms. The lowest BCUT2D eigenvalue weighted by molar-refractivity contribution is -0.105. The first-order chi connectivity index (χ1) is 8.63. The van der Waals surface area contributed by atoms with Crippen LogP contribution in [0.15, 0.2) is 36.4 Å². The first-order valence-corrected chi connectivity index (χ1v) is 5.45. The van der Waals surface area contributed by atoms with Crippen LogP contribution in [0.2, 0.25) is 5.02 Å². The third-order valence-electron chi connectivity index (χ3n) is 2.43. The van der Waals surface area contributed by atoms with Gasteiger partial charge in [-0.25, -0.2) is 8.78 Å². The molecule has 2 nitrogen and oxygen atoms in total. The van der Waals surface area contributed by atoms with Gasteiger partial charge < -0.3 is 5.32 Å². The van der Waals surface area contributed by atoms with Crippen molar-refractivity contribution in [3.8, 4) is 11.1 Å². The summed E-state index contributed by atoms with van der Waals surface area (Å²) in [5.74, 6) is -1.70. The van der Waals surface area contributed by atoms with Crippen LogP contribution in [0, 0.1) is 11.6 Å². The number of amides is 1. The van der Waals surface area contributed by atoms with Crippen LogP contribution in [0.4, 0.5) is 14.5 Å². The van der Waals surface area contributed by atoms with Crippen LogP contribution in [0.1, 0.15) is 0 Å². The monoisotopic (exact) mass is 267 g/mol. The third kappa shape index (κ3) is 2.33. The van der Waals surface area contributed by atoms with Crippen molar-refractivity contribution in [1.29, 1.82) is 0 Å². The molecule has 18 heavy (non-hydrogen) atoms. The molecule has 0 saturated carbocycles. The number of carbonyl (C=O) groups is 1. The Kier molecular flexibility index (Phi) is 3.58. The maximum atomic E-state index is 13.6. The van der Waals surface area contributed by atoms with E-state index in [0.29, 0.717) is 16.1 Å². The van der Waals surface area contributed by atoms with Gasteiger partial charge in [-0.15, -0.1) is 0 Å². The molecule has 0 bridgehead atoms. The Labute approximate surface area is 107 Å². The van der Waals surface area contributed by atoms with Crippen molar-refractivity contribution in [3.05, 3.63) is 53.1 Å². The zero-order valence-corrected chi connectivity index (χ0v) is 9.84. The Hall–Kier alpha value is -1.94. The van der Waals surface area contributed by atoms with Gasteiger partial charge in [0.25, 0.3) is 0 Å². The highest BCUT2D eigenvalue weighted by molar-refractivity contribution is 6.33. The predicted octanol–water partition coefficient (Wildman–Crippen LogP) is 3.85. The average molecular weight is 268 g/mol. The van der Waals surface area contributed by atoms with Gasteiger partial charge in [0, 0.05) is 10.6 Å². The van der Waals surface area contributed by atoms with E-state index in [0.717, 1.165) is 12.1 Å². The van der Waals surface area contributed by atoms with Gasteiger partial charge in [-0.3, -0.25) is 4.79 Å². The average Bonchev–Trinajstić information content (AvgIpc) is 2.34. The number of rotatable bonds is 3. The zero-order valence-electron chi connectivity index (χ0n) is 9.08. The van der Waals surface area contributed by atoms with E-state index in [4.69, 9.17) is 11.6 Å². The van der Waals surface area contributed by atoms with Crippen LogP contribution in [0.25, 0.3) is 11.1 Å². The predicted molar refractivity (Wildman–Crippen MR) is 66.5 cm³/mol. The second-order valence-electron chi connectivity index (χ2n) is 3.56. The van der Waals surface area contributed by atoms with Crippen molar-refractivity contribution < 1.29 is 13.6 Å². The third-order valence-corrected chi connectivity index (χ3v) is 2.76. The molecule has 0 aliphatic rings. The van der Waals surface area contributed by atoms with Crippen molar-refractivity contribution in [1.82, 2.24) is 0 Å². The van der Waals surface area contributed by atoms with Gasteiger partial charge >= 0.3 is 0 Å². The van der Waals surface area contributed by atoms with E-state index in [1.807, 2.05) is 5.32 Å². The number of carbonyl (C=O) groups excluding carboxylic acids is 1. The van der Waals surface area contributed by atoms with Crippen molar-refractivity contribution >= 4 is 23.7 Å². The minimum Gasteiger partial charge on any atom is -0.324 e. The molecule has 0 atom stereocenters. The van der Waals surface area contributed by atoms with Gasteiger partial charge in [-0.05, 0) is 23.8 Å². The highest BCUT2D eigenvalue weighted by atomic mass is 35.5. The van der Waals surface area contributed by atoms with Crippen molar-refractivity contribution in [2.24, 2.45) is 0 Å². The lowest BCUT2D eigenvalue weighted by Gasteiger charge is -2.08. The van der Waals surface area contributed by atoms with Gasteiger partial charge in [-0.1, -0.05) is 29.8 Å². The van der Waals surface area contributed by atoms with E-state index >= 15 is 0 Å². The van der Waals surface area contributed by atoms with Crippen LogP contribution < -0.4 is 5.32 Å². The molecule has 0 aliphatic carbocycles. The first-order valence-electron chi connectivity index (χ1n) is 5.07. The van der Waals surface area contributed by atoms with Crippen LogP contribution in [0.3, 0.4) is 0 Å². The second kappa shape index (κ2) is 5.14. The summed E-state index contributed by atoms with van der Waals surface area (Å²) in [5.41, 5.74) is 0.363. The maximum Gasteiger partial charge on any atom is 0.211 e. The molecule has 2 aromatic carbocycles. The van der Waals surface area contributed by atoms with E-state index in [1.54, 1.807) is 24.3 Å². The van der Waals surface area contributed by atoms with Crippen molar-refractivity contribution in [2.45, 2.75) is 0 Å². The first kappa shape index (κ1) is 12.5. The molecule has 92 valence electrons. The highest BCUT2D eigenvalue weighted by Gasteiger charge is 2.12. The minimum absolute atomic E-state index is 0.219. The van der Waals surface area contributed by atoms with E-state index < -0.39 is 17.3 Å². The summed E-state index contributed by atoms with van der Waals surface area (Å²) in [6.07, 6.45) is 0.219. The lowest BCUT2D eigenvalue weighted by Crippen LogP contribution is -2.01. The fourth-order valence-electron chi connectivity index (χ4n) is 1.62. The standard InChI is InChI=1S/C13H8ClF2NO/c14-10-4-2-1-3-9(10)8-5-11(15)13(17-7-18)12(16)6-8/h1-7H,(H,17,18). The molecular weight excluding hydrogens is 260 g/mol. The summed E-state index contributed by atoms with van der Waals surface area (Å²) in [6.45, 7) is 0. The molecule has 2 rings (SSSR count). The smallest absolute Gasteiger partial charge is 0.211 e. The number of benzene rings is 2. The Morgan fingerprint density at radius 2 is 1.72 bits per heavy atom. The van der Waals surface area contributed by atoms with Gasteiger partial charge in [0.15, 0.2) is 0 Å². The molecule has 1 N–H and O–H groups in total. The van der Waals surface area contributed by atoms with Crippen molar-refractivity contribution in [2.75, 3.05) is 5.32 Å². The van der Waals surface area contributed by atoms with E-state index in [9.17, 15) is 13.6 Å². The molecule has 2 aromatic rings. The van der Waals surface area contributed by atoms with Gasteiger partial charge in [-0.2, -0.15) is 0 Å². The molecule has 0 spiro atoms. The quantitative estimate of drug-likeness (QED) is 0.841. The summed E-state index contributed by atoms with van der Waals surface area (Å²) >= 11 is 5.95. The van der Waals surface area contributed by atoms with E-state index in [-0.39, 0.29) is 6.41 Å². The largest absolute Gasteiger partial charge is 0.324 e. The molecule has 0 radical (unpaired) electrons. The summed E-state index contributed by atoms with van der Waals surface area (Å²) in [4.78, 5) is 10.2. The van der Waals surface area contributed by atoms with Crippen LogP contribution in [-0.4, -0.2) is 6.41 Å². The number of halogens is 3. The zero-order chi connectivity index (χ0) is 13.1. The van der Waals surface area contributed by atoms with Crippen molar-refractivity contribution in [3.63, 3.8) is 0 Å². The number of hydrogen-bond donors (Lipinski definition) is 1. The molecule has 0 aliphatic heterocycles. The fraction of sp³-hybridized carbons (Fsp3) is 0. The van der Waals surface area contributed by atoms with Crippen LogP contribution in [-0.2, 0) is 4.79 Å². The Balaban J connectivity index is 2.55. The Morgan fingerprint density at radius 3 is 2.28 bits per heavy atom. The van der Waals surface area contributed by atoms with Gasteiger partial charge in [0.05, 0.1) is 0 Å². The SMILES string of the molecule is O=CNc1c(F)cc(-c2ccccc2Cl)cc1F. The Bertz CT molecular complexity index is 578. The van der Waals surface area contributed by atoms with Crippen LogP contribution in [0.5, 0.6) is 0 Å². The molecule has 0 heterocycles. The molecule has 0 aromatic heterocycles. The molecule has 0 fully saturated rings. The molecular formula is C13H8ClF2NO. The highest BCUT2D eigenvalue weighted by Crippen LogP contribution is 2.31. The molecule has 0 saturated heterocycles. The summed E-state index contributed by atoms with van der Waals surface area (Å²) in [7, 11) is 0. The second-order valence-corrected chi connectivity index (χ2v) is 3.96. The number of anilines is 1. The fourth-order valence-corrected chi connectivity index (χ4v) is 1.87. The number of nitrogens with one attached hydrogen (secondary N) is 1. The lowest BCUT2D eigenvalue weighted by atomic mass is 10.0. The van der Waals surface area contributed by atoms with E-state index in [1.165, 1.54) is 0 Å². The van der Waals surface area contributed by atoms with Gasteiger partial charge in [0.1, 0.15) is 17.3 Å². The maximum absolute atomic E-state index is 13.6. The summed E-state index contributed by atoms with van der Waals surface area (Å²) in [5, 5.41) is 2.37. The molecule has 0 unspecified atom stereocenters. The normalized spacial score (nSPS) is 10.2. The summed E-state index contributed by atoms with van der Waals surface area (Å²) < 4.78 is 27.2. The van der Waals surface area contributed by atoms with Crippen LogP contribution >= 0.6 is 11.6 Å².